The van der Waals surface area contributed by atoms with Gasteiger partial charge < -0.3 is 10.6 Å². The number of rotatable bonds is 6. The molecule has 0 spiro atoms. The lowest BCUT2D eigenvalue weighted by atomic mass is 10.1. The second-order valence-corrected chi connectivity index (χ2v) is 5.39. The molecule has 1 aliphatic rings. The Morgan fingerprint density at radius 2 is 2.17 bits per heavy atom. The third kappa shape index (κ3) is 3.22. The van der Waals surface area contributed by atoms with Crippen molar-refractivity contribution in [1.29, 1.82) is 0 Å². The van der Waals surface area contributed by atoms with Crippen molar-refractivity contribution in [2.24, 2.45) is 11.7 Å². The van der Waals surface area contributed by atoms with Gasteiger partial charge in [-0.1, -0.05) is 13.0 Å². The highest BCUT2D eigenvalue weighted by atomic mass is 19.1. The molecule has 3 heteroatoms. The molecule has 0 saturated heterocycles. The summed E-state index contributed by atoms with van der Waals surface area (Å²) in [6.07, 6.45) is 3.63. The molecule has 1 saturated carbocycles. The van der Waals surface area contributed by atoms with Crippen LogP contribution in [-0.2, 0) is 0 Å². The summed E-state index contributed by atoms with van der Waals surface area (Å²) in [4.78, 5) is 2.18. The third-order valence-electron chi connectivity index (χ3n) is 3.51. The topological polar surface area (TPSA) is 29.3 Å². The van der Waals surface area contributed by atoms with E-state index in [0.29, 0.717) is 0 Å². The minimum atomic E-state index is -0.140. The van der Waals surface area contributed by atoms with Gasteiger partial charge in [-0.05, 0) is 49.8 Å². The first kappa shape index (κ1) is 13.3. The summed E-state index contributed by atoms with van der Waals surface area (Å²) in [5.74, 6) is 0.628. The number of nitrogens with zero attached hydrogens (tertiary/aromatic N) is 1. The summed E-state index contributed by atoms with van der Waals surface area (Å²) in [6.45, 7) is 5.92. The number of benzene rings is 1. The molecule has 0 aliphatic heterocycles. The van der Waals surface area contributed by atoms with Crippen LogP contribution < -0.4 is 10.6 Å². The number of hydrogen-bond acceptors (Lipinski definition) is 2. The highest BCUT2D eigenvalue weighted by Gasteiger charge is 2.25. The van der Waals surface area contributed by atoms with Crippen LogP contribution in [0.25, 0.3) is 0 Å². The molecule has 0 radical (unpaired) electrons. The smallest absolute Gasteiger partial charge is 0.146 e. The Balaban J connectivity index is 2.17. The van der Waals surface area contributed by atoms with Gasteiger partial charge >= 0.3 is 0 Å². The second kappa shape index (κ2) is 5.70. The van der Waals surface area contributed by atoms with E-state index < -0.39 is 0 Å². The first-order chi connectivity index (χ1) is 8.61. The van der Waals surface area contributed by atoms with Crippen LogP contribution in [0.3, 0.4) is 0 Å². The molecule has 2 rings (SSSR count). The maximum atomic E-state index is 14.2. The van der Waals surface area contributed by atoms with Gasteiger partial charge in [-0.2, -0.15) is 0 Å². The molecule has 0 aromatic heterocycles. The highest BCUT2D eigenvalue weighted by molar-refractivity contribution is 5.49. The van der Waals surface area contributed by atoms with Crippen LogP contribution in [0, 0.1) is 11.7 Å². The number of hydrogen-bond donors (Lipinski definition) is 1. The zero-order valence-electron chi connectivity index (χ0n) is 11.3. The van der Waals surface area contributed by atoms with Crippen molar-refractivity contribution in [2.75, 3.05) is 18.0 Å². The minimum absolute atomic E-state index is 0.114. The van der Waals surface area contributed by atoms with E-state index in [2.05, 4.69) is 11.8 Å². The molecule has 1 atom stereocenters. The van der Waals surface area contributed by atoms with Gasteiger partial charge in [0.2, 0.25) is 0 Å². The summed E-state index contributed by atoms with van der Waals surface area (Å²) < 4.78 is 14.2. The van der Waals surface area contributed by atoms with Gasteiger partial charge in [0.05, 0.1) is 5.69 Å². The molecule has 100 valence electrons. The predicted octanol–water partition coefficient (Wildman–Crippen LogP) is 3.47. The molecule has 0 bridgehead atoms. The van der Waals surface area contributed by atoms with Crippen molar-refractivity contribution in [3.63, 3.8) is 0 Å². The van der Waals surface area contributed by atoms with Crippen LogP contribution in [0.5, 0.6) is 0 Å². The van der Waals surface area contributed by atoms with Crippen LogP contribution in [0.4, 0.5) is 10.1 Å². The summed E-state index contributed by atoms with van der Waals surface area (Å²) in [7, 11) is 0. The fourth-order valence-electron chi connectivity index (χ4n) is 2.25. The monoisotopic (exact) mass is 250 g/mol. The van der Waals surface area contributed by atoms with Crippen LogP contribution in [-0.4, -0.2) is 13.1 Å². The van der Waals surface area contributed by atoms with Gasteiger partial charge in [-0.3, -0.25) is 0 Å². The van der Waals surface area contributed by atoms with Gasteiger partial charge in [0.1, 0.15) is 5.82 Å². The van der Waals surface area contributed by atoms with Crippen molar-refractivity contribution in [1.82, 2.24) is 0 Å². The summed E-state index contributed by atoms with van der Waals surface area (Å²) in [5, 5.41) is 0. The van der Waals surface area contributed by atoms with Crippen molar-refractivity contribution >= 4 is 5.69 Å². The Labute approximate surface area is 109 Å². The lowest BCUT2D eigenvalue weighted by molar-refractivity contribution is 0.604. The van der Waals surface area contributed by atoms with Gasteiger partial charge in [-0.25, -0.2) is 4.39 Å². The average molecular weight is 250 g/mol. The van der Waals surface area contributed by atoms with Crippen LogP contribution in [0.2, 0.25) is 0 Å². The van der Waals surface area contributed by atoms with Gasteiger partial charge in [-0.15, -0.1) is 0 Å². The van der Waals surface area contributed by atoms with Crippen molar-refractivity contribution < 1.29 is 4.39 Å². The molecule has 2 N–H and O–H groups in total. The molecule has 2 nitrogen and oxygen atoms in total. The van der Waals surface area contributed by atoms with E-state index >= 15 is 0 Å². The quantitative estimate of drug-likeness (QED) is 0.837. The zero-order valence-corrected chi connectivity index (χ0v) is 11.3. The number of halogens is 1. The van der Waals surface area contributed by atoms with Gasteiger partial charge in [0.25, 0.3) is 0 Å². The van der Waals surface area contributed by atoms with Crippen molar-refractivity contribution in [3.05, 3.63) is 29.6 Å². The Hall–Kier alpha value is -1.09. The van der Waals surface area contributed by atoms with Gasteiger partial charge in [0, 0.05) is 19.1 Å². The molecule has 18 heavy (non-hydrogen) atoms. The summed E-state index contributed by atoms with van der Waals surface area (Å²) in [5.41, 5.74) is 7.37. The first-order valence-electron chi connectivity index (χ1n) is 6.91. The van der Waals surface area contributed by atoms with Crippen LogP contribution in [0.1, 0.15) is 44.7 Å². The van der Waals surface area contributed by atoms with E-state index in [4.69, 9.17) is 5.73 Å². The lowest BCUT2D eigenvalue weighted by Crippen LogP contribution is -2.27. The lowest BCUT2D eigenvalue weighted by Gasteiger charge is -2.25. The molecule has 1 aromatic rings. The molecule has 1 fully saturated rings. The fourth-order valence-corrected chi connectivity index (χ4v) is 2.25. The maximum Gasteiger partial charge on any atom is 0.146 e. The van der Waals surface area contributed by atoms with Crippen LogP contribution in [0.15, 0.2) is 18.2 Å². The number of anilines is 1. The maximum absolute atomic E-state index is 14.2. The van der Waals surface area contributed by atoms with E-state index in [-0.39, 0.29) is 11.9 Å². The molecule has 1 aromatic carbocycles. The average Bonchev–Trinajstić information content (AvgIpc) is 3.12. The summed E-state index contributed by atoms with van der Waals surface area (Å²) >= 11 is 0. The summed E-state index contributed by atoms with van der Waals surface area (Å²) in [6, 6.07) is 5.29. The molecule has 0 amide bonds. The first-order valence-corrected chi connectivity index (χ1v) is 6.91. The molecule has 0 unspecified atom stereocenters. The largest absolute Gasteiger partial charge is 0.369 e. The third-order valence-corrected chi connectivity index (χ3v) is 3.51. The fraction of sp³-hybridized carbons (Fsp3) is 0.600. The molecule has 1 aliphatic carbocycles. The number of nitrogens with two attached hydrogens (primary N) is 1. The van der Waals surface area contributed by atoms with E-state index in [1.165, 1.54) is 12.8 Å². The van der Waals surface area contributed by atoms with Gasteiger partial charge in [0.15, 0.2) is 0 Å². The van der Waals surface area contributed by atoms with Crippen molar-refractivity contribution in [2.45, 2.75) is 39.2 Å². The van der Waals surface area contributed by atoms with E-state index in [1.54, 1.807) is 6.07 Å². The molecular formula is C15H23FN2. The zero-order chi connectivity index (χ0) is 13.1. The van der Waals surface area contributed by atoms with E-state index in [0.717, 1.165) is 36.7 Å². The van der Waals surface area contributed by atoms with Crippen LogP contribution >= 0.6 is 0 Å². The highest BCUT2D eigenvalue weighted by Crippen LogP contribution is 2.32. The van der Waals surface area contributed by atoms with Crippen molar-refractivity contribution in [3.8, 4) is 0 Å². The predicted molar refractivity (Wildman–Crippen MR) is 74.2 cm³/mol. The Morgan fingerprint density at radius 3 is 2.67 bits per heavy atom. The molecular weight excluding hydrogens is 227 g/mol. The molecule has 0 heterocycles. The standard InChI is InChI=1S/C15H23FN2/c1-3-8-18(10-12-4-5-12)15-7-6-13(11(2)17)9-14(15)16/h6-7,9,11-12H,3-5,8,10,17H2,1-2H3/t11-/m1/s1. The van der Waals surface area contributed by atoms with E-state index in [1.807, 2.05) is 19.1 Å². The normalized spacial score (nSPS) is 16.7. The Morgan fingerprint density at radius 1 is 1.44 bits per heavy atom. The minimum Gasteiger partial charge on any atom is -0.369 e. The Bertz CT molecular complexity index is 399. The van der Waals surface area contributed by atoms with E-state index in [9.17, 15) is 4.39 Å². The Kier molecular flexibility index (Phi) is 4.23. The second-order valence-electron chi connectivity index (χ2n) is 5.39. The SMILES string of the molecule is CCCN(CC1CC1)c1ccc([C@@H](C)N)cc1F.